The van der Waals surface area contributed by atoms with Crippen LogP contribution in [0.4, 0.5) is 13.2 Å². The quantitative estimate of drug-likeness (QED) is 0.744. The van der Waals surface area contributed by atoms with Crippen LogP contribution in [0.1, 0.15) is 16.6 Å². The van der Waals surface area contributed by atoms with Crippen molar-refractivity contribution in [3.8, 4) is 0 Å². The molecule has 0 bridgehead atoms. The van der Waals surface area contributed by atoms with Crippen molar-refractivity contribution in [2.45, 2.75) is 12.5 Å². The van der Waals surface area contributed by atoms with Crippen LogP contribution in [0.25, 0.3) is 10.2 Å². The lowest BCUT2D eigenvalue weighted by Crippen LogP contribution is -2.14. The Kier molecular flexibility index (Phi) is 3.65. The van der Waals surface area contributed by atoms with Crippen LogP contribution in [-0.2, 0) is 6.42 Å². The van der Waals surface area contributed by atoms with Gasteiger partial charge in [0.05, 0.1) is 16.3 Å². The first-order valence-corrected chi connectivity index (χ1v) is 7.10. The molecule has 0 saturated heterocycles. The van der Waals surface area contributed by atoms with E-state index in [9.17, 15) is 13.2 Å². The molecule has 21 heavy (non-hydrogen) atoms. The van der Waals surface area contributed by atoms with Crippen LogP contribution in [-0.4, -0.2) is 4.98 Å². The Morgan fingerprint density at radius 1 is 1.05 bits per heavy atom. The number of fused-ring (bicyclic) bond motifs is 1. The minimum atomic E-state index is -1.20. The lowest BCUT2D eigenvalue weighted by Gasteiger charge is -2.09. The number of nitrogens with two attached hydrogens (primary N) is 1. The molecule has 1 unspecified atom stereocenters. The van der Waals surface area contributed by atoms with E-state index in [4.69, 9.17) is 5.73 Å². The zero-order valence-electron chi connectivity index (χ0n) is 10.8. The maximum absolute atomic E-state index is 13.6. The van der Waals surface area contributed by atoms with Gasteiger partial charge in [-0.2, -0.15) is 0 Å². The van der Waals surface area contributed by atoms with Crippen LogP contribution in [0.3, 0.4) is 0 Å². The number of hydrogen-bond donors (Lipinski definition) is 1. The number of benzene rings is 2. The Balaban J connectivity index is 1.89. The summed E-state index contributed by atoms with van der Waals surface area (Å²) in [5, 5.41) is 0.639. The molecule has 0 saturated carbocycles. The lowest BCUT2D eigenvalue weighted by atomic mass is 10.1. The highest BCUT2D eigenvalue weighted by molar-refractivity contribution is 7.18. The number of aromatic nitrogens is 1. The molecule has 0 aliphatic rings. The fourth-order valence-corrected chi connectivity index (χ4v) is 3.06. The van der Waals surface area contributed by atoms with Gasteiger partial charge in [0.1, 0.15) is 10.8 Å². The van der Waals surface area contributed by atoms with Crippen molar-refractivity contribution in [3.63, 3.8) is 0 Å². The Hall–Kier alpha value is -1.92. The Labute approximate surface area is 123 Å². The van der Waals surface area contributed by atoms with Crippen LogP contribution < -0.4 is 5.73 Å². The first-order valence-electron chi connectivity index (χ1n) is 6.29. The van der Waals surface area contributed by atoms with Gasteiger partial charge in [0, 0.05) is 6.07 Å². The van der Waals surface area contributed by atoms with Crippen LogP contribution >= 0.6 is 11.3 Å². The van der Waals surface area contributed by atoms with Gasteiger partial charge in [-0.3, -0.25) is 0 Å². The Morgan fingerprint density at radius 2 is 1.76 bits per heavy atom. The number of thiazole rings is 1. The van der Waals surface area contributed by atoms with Crippen LogP contribution in [0.15, 0.2) is 36.4 Å². The molecule has 0 amide bonds. The average molecular weight is 308 g/mol. The Bertz CT molecular complexity index is 768. The third-order valence-electron chi connectivity index (χ3n) is 3.16. The van der Waals surface area contributed by atoms with Gasteiger partial charge in [-0.25, -0.2) is 18.2 Å². The Morgan fingerprint density at radius 3 is 2.52 bits per heavy atom. The summed E-state index contributed by atoms with van der Waals surface area (Å²) < 4.78 is 40.7. The van der Waals surface area contributed by atoms with Crippen LogP contribution in [0.2, 0.25) is 0 Å². The molecule has 0 radical (unpaired) electrons. The summed E-state index contributed by atoms with van der Waals surface area (Å²) in [6.45, 7) is 0. The second-order valence-corrected chi connectivity index (χ2v) is 5.75. The predicted molar refractivity (Wildman–Crippen MR) is 76.6 cm³/mol. The third kappa shape index (κ3) is 2.77. The standard InChI is InChI=1S/C15H11F3N2S/c16-9-7-11(18)10(17)5-8(9)6-12(19)15-20-13-3-1-2-4-14(13)21-15/h1-5,7,12H,6,19H2. The summed E-state index contributed by atoms with van der Waals surface area (Å²) in [5.74, 6) is -3.09. The van der Waals surface area contributed by atoms with E-state index in [2.05, 4.69) is 4.98 Å². The average Bonchev–Trinajstić information content (AvgIpc) is 2.88. The summed E-state index contributed by atoms with van der Waals surface area (Å²) in [7, 11) is 0. The monoisotopic (exact) mass is 308 g/mol. The van der Waals surface area contributed by atoms with E-state index in [1.165, 1.54) is 11.3 Å². The topological polar surface area (TPSA) is 38.9 Å². The second kappa shape index (κ2) is 5.46. The van der Waals surface area contributed by atoms with Gasteiger partial charge in [0.2, 0.25) is 0 Å². The first kappa shape index (κ1) is 14.0. The van der Waals surface area contributed by atoms with Crippen LogP contribution in [0, 0.1) is 17.5 Å². The smallest absolute Gasteiger partial charge is 0.161 e. The first-order chi connectivity index (χ1) is 10.0. The minimum absolute atomic E-state index is 0.0423. The van der Waals surface area contributed by atoms with Crippen LogP contribution in [0.5, 0.6) is 0 Å². The highest BCUT2D eigenvalue weighted by Gasteiger charge is 2.17. The van der Waals surface area contributed by atoms with Gasteiger partial charge in [0.25, 0.3) is 0 Å². The highest BCUT2D eigenvalue weighted by atomic mass is 32.1. The maximum atomic E-state index is 13.6. The fraction of sp³-hybridized carbons (Fsp3) is 0.133. The number of nitrogens with zero attached hydrogens (tertiary/aromatic N) is 1. The number of rotatable bonds is 3. The molecule has 0 spiro atoms. The molecule has 6 heteroatoms. The maximum Gasteiger partial charge on any atom is 0.161 e. The van der Waals surface area contributed by atoms with E-state index in [-0.39, 0.29) is 12.0 Å². The van der Waals surface area contributed by atoms with Crippen molar-refractivity contribution in [2.75, 3.05) is 0 Å². The zero-order valence-corrected chi connectivity index (χ0v) is 11.6. The summed E-state index contributed by atoms with van der Waals surface area (Å²) in [4.78, 5) is 4.38. The predicted octanol–water partition coefficient (Wildman–Crippen LogP) is 3.96. The van der Waals surface area contributed by atoms with Gasteiger partial charge in [-0.1, -0.05) is 12.1 Å². The minimum Gasteiger partial charge on any atom is -0.322 e. The number of halogens is 3. The van der Waals surface area contributed by atoms with Crippen molar-refractivity contribution in [1.82, 2.24) is 4.98 Å². The summed E-state index contributed by atoms with van der Waals surface area (Å²) >= 11 is 1.41. The van der Waals surface area contributed by atoms with Gasteiger partial charge in [0.15, 0.2) is 11.6 Å². The lowest BCUT2D eigenvalue weighted by molar-refractivity contribution is 0.487. The van der Waals surface area contributed by atoms with E-state index in [0.29, 0.717) is 11.1 Å². The molecule has 108 valence electrons. The second-order valence-electron chi connectivity index (χ2n) is 4.69. The summed E-state index contributed by atoms with van der Waals surface area (Å²) in [6.07, 6.45) is 0.0584. The molecule has 1 heterocycles. The van der Waals surface area contributed by atoms with Crippen molar-refractivity contribution < 1.29 is 13.2 Å². The molecular weight excluding hydrogens is 297 g/mol. The van der Waals surface area contributed by atoms with Crippen molar-refractivity contribution >= 4 is 21.6 Å². The number of para-hydroxylation sites is 1. The highest BCUT2D eigenvalue weighted by Crippen LogP contribution is 2.27. The molecule has 2 nitrogen and oxygen atoms in total. The van der Waals surface area contributed by atoms with Crippen molar-refractivity contribution in [2.24, 2.45) is 5.73 Å². The molecule has 1 aromatic heterocycles. The summed E-state index contributed by atoms with van der Waals surface area (Å²) in [5.41, 5.74) is 6.87. The van der Waals surface area contributed by atoms with Gasteiger partial charge in [-0.15, -0.1) is 11.3 Å². The molecule has 2 aromatic carbocycles. The fourth-order valence-electron chi connectivity index (χ4n) is 2.09. The molecule has 0 fully saturated rings. The van der Waals surface area contributed by atoms with E-state index in [0.717, 1.165) is 16.3 Å². The van der Waals surface area contributed by atoms with Crippen molar-refractivity contribution in [1.29, 1.82) is 0 Å². The van der Waals surface area contributed by atoms with E-state index >= 15 is 0 Å². The molecule has 0 aliphatic heterocycles. The van der Waals surface area contributed by atoms with Gasteiger partial charge < -0.3 is 5.73 Å². The van der Waals surface area contributed by atoms with Gasteiger partial charge >= 0.3 is 0 Å². The SMILES string of the molecule is NC(Cc1cc(F)c(F)cc1F)c1nc2ccccc2s1. The van der Waals surface area contributed by atoms with Gasteiger partial charge in [-0.05, 0) is 30.2 Å². The van der Waals surface area contributed by atoms with Crippen molar-refractivity contribution in [3.05, 3.63) is 64.4 Å². The van der Waals surface area contributed by atoms with E-state index < -0.39 is 23.5 Å². The third-order valence-corrected chi connectivity index (χ3v) is 4.33. The molecule has 0 aliphatic carbocycles. The molecule has 2 N–H and O–H groups in total. The molecule has 3 rings (SSSR count). The largest absolute Gasteiger partial charge is 0.322 e. The molecular formula is C15H11F3N2S. The normalized spacial score (nSPS) is 12.8. The number of hydrogen-bond acceptors (Lipinski definition) is 3. The van der Waals surface area contributed by atoms with E-state index in [1.54, 1.807) is 0 Å². The molecule has 3 aromatic rings. The van der Waals surface area contributed by atoms with E-state index in [1.807, 2.05) is 24.3 Å². The summed E-state index contributed by atoms with van der Waals surface area (Å²) in [6, 6.07) is 8.36. The zero-order chi connectivity index (χ0) is 15.0. The molecule has 1 atom stereocenters.